The maximum Gasteiger partial charge on any atom is 0.241 e. The minimum Gasteiger partial charge on any atom is -0.324 e. The van der Waals surface area contributed by atoms with E-state index in [0.717, 1.165) is 21.7 Å². The second-order valence-corrected chi connectivity index (χ2v) is 6.74. The first-order chi connectivity index (χ1) is 11.6. The summed E-state index contributed by atoms with van der Waals surface area (Å²) >= 11 is 1.40. The maximum atomic E-state index is 12.1. The van der Waals surface area contributed by atoms with Crippen LogP contribution in [0.25, 0.3) is 0 Å². The van der Waals surface area contributed by atoms with E-state index >= 15 is 0 Å². The van der Waals surface area contributed by atoms with Gasteiger partial charge in [-0.1, -0.05) is 42.0 Å². The van der Waals surface area contributed by atoms with E-state index in [9.17, 15) is 9.59 Å². The number of carbonyl (C=O) groups is 2. The Morgan fingerprint density at radius 1 is 1.25 bits per heavy atom. The molecular weight excluding hydrogens is 322 g/mol. The van der Waals surface area contributed by atoms with Gasteiger partial charge in [-0.2, -0.15) is 5.10 Å². The van der Waals surface area contributed by atoms with E-state index in [-0.39, 0.29) is 18.2 Å². The molecule has 1 atom stereocenters. The Balaban J connectivity index is 1.55. The zero-order chi connectivity index (χ0) is 16.9. The number of hydrogen-bond donors (Lipinski definition) is 2. The van der Waals surface area contributed by atoms with Crippen molar-refractivity contribution in [1.82, 2.24) is 5.43 Å². The van der Waals surface area contributed by atoms with Crippen LogP contribution in [0.15, 0.2) is 58.5 Å². The van der Waals surface area contributed by atoms with Crippen LogP contribution in [0.1, 0.15) is 17.5 Å². The van der Waals surface area contributed by atoms with Crippen LogP contribution in [0.4, 0.5) is 5.69 Å². The van der Waals surface area contributed by atoms with E-state index in [0.29, 0.717) is 0 Å². The van der Waals surface area contributed by atoms with Crippen LogP contribution in [0, 0.1) is 6.92 Å². The highest BCUT2D eigenvalue weighted by Gasteiger charge is 2.28. The van der Waals surface area contributed by atoms with Crippen LogP contribution in [-0.2, 0) is 9.59 Å². The van der Waals surface area contributed by atoms with Gasteiger partial charge in [0.1, 0.15) is 0 Å². The van der Waals surface area contributed by atoms with Crippen molar-refractivity contribution in [2.45, 2.75) is 23.5 Å². The number of hydrogen-bond acceptors (Lipinski definition) is 4. The van der Waals surface area contributed by atoms with Crippen molar-refractivity contribution in [2.75, 3.05) is 5.32 Å². The third-order valence-electron chi connectivity index (χ3n) is 3.56. The number of nitrogens with zero attached hydrogens (tertiary/aromatic N) is 1. The summed E-state index contributed by atoms with van der Waals surface area (Å²) in [7, 11) is 0. The Hall–Kier alpha value is -2.60. The lowest BCUT2D eigenvalue weighted by Gasteiger charge is -2.23. The second kappa shape index (κ2) is 7.31. The zero-order valence-electron chi connectivity index (χ0n) is 13.2. The summed E-state index contributed by atoms with van der Waals surface area (Å²) in [6.45, 7) is 2.01. The van der Waals surface area contributed by atoms with E-state index in [4.69, 9.17) is 0 Å². The molecule has 6 heteroatoms. The van der Waals surface area contributed by atoms with Crippen LogP contribution in [-0.4, -0.2) is 23.3 Å². The topological polar surface area (TPSA) is 70.6 Å². The quantitative estimate of drug-likeness (QED) is 0.664. The van der Waals surface area contributed by atoms with Gasteiger partial charge in [-0.15, -0.1) is 11.8 Å². The number of fused-ring (bicyclic) bond motifs is 1. The van der Waals surface area contributed by atoms with E-state index in [1.807, 2.05) is 55.5 Å². The van der Waals surface area contributed by atoms with Gasteiger partial charge < -0.3 is 5.32 Å². The van der Waals surface area contributed by atoms with Crippen molar-refractivity contribution in [3.63, 3.8) is 0 Å². The van der Waals surface area contributed by atoms with Gasteiger partial charge in [0, 0.05) is 11.3 Å². The van der Waals surface area contributed by atoms with Gasteiger partial charge in [0.05, 0.1) is 17.2 Å². The molecule has 24 heavy (non-hydrogen) atoms. The lowest BCUT2D eigenvalue weighted by atomic mass is 10.2. The Kier molecular flexibility index (Phi) is 4.96. The number of amides is 2. The molecule has 2 aromatic rings. The number of aryl methyl sites for hydroxylation is 1. The fourth-order valence-corrected chi connectivity index (χ4v) is 3.38. The molecule has 1 aliphatic rings. The van der Waals surface area contributed by atoms with Gasteiger partial charge in [0.15, 0.2) is 0 Å². The van der Waals surface area contributed by atoms with E-state index < -0.39 is 5.25 Å². The highest BCUT2D eigenvalue weighted by molar-refractivity contribution is 8.01. The maximum absolute atomic E-state index is 12.1. The molecule has 0 aromatic heterocycles. The Morgan fingerprint density at radius 2 is 2.00 bits per heavy atom. The van der Waals surface area contributed by atoms with Gasteiger partial charge in [0.25, 0.3) is 0 Å². The lowest BCUT2D eigenvalue weighted by Crippen LogP contribution is -2.33. The molecule has 2 aromatic carbocycles. The molecule has 0 saturated carbocycles. The number of para-hydroxylation sites is 1. The average Bonchev–Trinajstić information content (AvgIpc) is 2.57. The summed E-state index contributed by atoms with van der Waals surface area (Å²) in [4.78, 5) is 25.0. The van der Waals surface area contributed by atoms with Crippen LogP contribution in [0.5, 0.6) is 0 Å². The largest absolute Gasteiger partial charge is 0.324 e. The molecular formula is C18H17N3O2S. The molecule has 0 bridgehead atoms. The number of anilines is 1. The summed E-state index contributed by atoms with van der Waals surface area (Å²) in [6, 6.07) is 15.4. The van der Waals surface area contributed by atoms with Gasteiger partial charge in [-0.25, -0.2) is 5.43 Å². The van der Waals surface area contributed by atoms with Gasteiger partial charge in [0.2, 0.25) is 11.8 Å². The Bertz CT molecular complexity index is 787. The number of thioether (sulfide) groups is 1. The number of rotatable bonds is 4. The number of hydrazone groups is 1. The van der Waals surface area contributed by atoms with Crippen LogP contribution in [0.3, 0.4) is 0 Å². The van der Waals surface area contributed by atoms with Crippen molar-refractivity contribution in [3.8, 4) is 0 Å². The first-order valence-electron chi connectivity index (χ1n) is 7.57. The summed E-state index contributed by atoms with van der Waals surface area (Å²) in [5.74, 6) is -0.443. The molecule has 0 saturated heterocycles. The summed E-state index contributed by atoms with van der Waals surface area (Å²) in [5.41, 5.74) is 5.33. The summed E-state index contributed by atoms with van der Waals surface area (Å²) < 4.78 is 0. The first kappa shape index (κ1) is 16.3. The highest BCUT2D eigenvalue weighted by Crippen LogP contribution is 2.36. The third-order valence-corrected chi connectivity index (χ3v) is 4.83. The van der Waals surface area contributed by atoms with Crippen molar-refractivity contribution in [2.24, 2.45) is 5.10 Å². The van der Waals surface area contributed by atoms with E-state index in [1.165, 1.54) is 11.8 Å². The molecule has 0 unspecified atom stereocenters. The van der Waals surface area contributed by atoms with Crippen LogP contribution in [0.2, 0.25) is 0 Å². The van der Waals surface area contributed by atoms with Crippen LogP contribution >= 0.6 is 11.8 Å². The fourth-order valence-electron chi connectivity index (χ4n) is 2.27. The van der Waals surface area contributed by atoms with Crippen molar-refractivity contribution < 1.29 is 9.59 Å². The Morgan fingerprint density at radius 3 is 2.79 bits per heavy atom. The molecule has 1 aliphatic heterocycles. The lowest BCUT2D eigenvalue weighted by molar-refractivity contribution is -0.124. The molecule has 0 aliphatic carbocycles. The van der Waals surface area contributed by atoms with Crippen LogP contribution < -0.4 is 10.7 Å². The minimum atomic E-state index is -0.450. The average molecular weight is 339 g/mol. The smallest absolute Gasteiger partial charge is 0.241 e. The molecule has 3 rings (SSSR count). The molecule has 0 spiro atoms. The second-order valence-electron chi connectivity index (χ2n) is 5.50. The summed E-state index contributed by atoms with van der Waals surface area (Å²) in [6.07, 6.45) is 1.66. The molecule has 1 heterocycles. The zero-order valence-corrected chi connectivity index (χ0v) is 14.0. The third kappa shape index (κ3) is 4.02. The number of benzene rings is 2. The van der Waals surface area contributed by atoms with Gasteiger partial charge >= 0.3 is 0 Å². The van der Waals surface area contributed by atoms with Crippen molar-refractivity contribution in [3.05, 3.63) is 59.7 Å². The van der Waals surface area contributed by atoms with Crippen molar-refractivity contribution in [1.29, 1.82) is 0 Å². The standard InChI is InChI=1S/C18H17N3O2S/c1-12-6-8-13(9-7-12)11-19-21-17(22)10-16-18(23)20-14-4-2-3-5-15(14)24-16/h2-9,11,16H,10H2,1H3,(H,20,23)(H,21,22)/b19-11-/t16-/m1/s1. The molecule has 0 radical (unpaired) electrons. The monoisotopic (exact) mass is 339 g/mol. The first-order valence-corrected chi connectivity index (χ1v) is 8.45. The minimum absolute atomic E-state index is 0.0794. The number of carbonyl (C=O) groups excluding carboxylic acids is 2. The van der Waals surface area contributed by atoms with E-state index in [1.54, 1.807) is 6.21 Å². The Labute approximate surface area is 144 Å². The predicted molar refractivity (Wildman–Crippen MR) is 96.2 cm³/mol. The molecule has 122 valence electrons. The molecule has 2 N–H and O–H groups in total. The SMILES string of the molecule is Cc1ccc(/C=N\NC(=O)C[C@H]2Sc3ccccc3NC2=O)cc1. The molecule has 5 nitrogen and oxygen atoms in total. The predicted octanol–water partition coefficient (Wildman–Crippen LogP) is 2.95. The van der Waals surface area contributed by atoms with Gasteiger partial charge in [-0.05, 0) is 24.6 Å². The van der Waals surface area contributed by atoms with Crippen molar-refractivity contribution >= 4 is 35.5 Å². The summed E-state index contributed by atoms with van der Waals surface area (Å²) in [5, 5.41) is 6.32. The number of nitrogens with one attached hydrogen (secondary N) is 2. The normalized spacial score (nSPS) is 16.5. The molecule has 2 amide bonds. The van der Waals surface area contributed by atoms with E-state index in [2.05, 4.69) is 15.8 Å². The fraction of sp³-hybridized carbons (Fsp3) is 0.167. The van der Waals surface area contributed by atoms with Gasteiger partial charge in [-0.3, -0.25) is 9.59 Å². The highest BCUT2D eigenvalue weighted by atomic mass is 32.2. The molecule has 0 fully saturated rings.